The van der Waals surface area contributed by atoms with E-state index in [9.17, 15) is 0 Å². The van der Waals surface area contributed by atoms with Crippen molar-refractivity contribution in [3.05, 3.63) is 58.7 Å². The van der Waals surface area contributed by atoms with E-state index < -0.39 is 0 Å². The molecule has 1 aromatic heterocycles. The Balaban J connectivity index is 1.83. The lowest BCUT2D eigenvalue weighted by atomic mass is 10.2. The molecule has 2 aromatic rings. The summed E-state index contributed by atoms with van der Waals surface area (Å²) in [7, 11) is 0. The summed E-state index contributed by atoms with van der Waals surface area (Å²) in [6.07, 6.45) is 1.82. The van der Waals surface area contributed by atoms with Crippen molar-refractivity contribution >= 4 is 29.2 Å². The Morgan fingerprint density at radius 2 is 1.65 bits per heavy atom. The molecule has 0 radical (unpaired) electrons. The molecule has 0 saturated heterocycles. The van der Waals surface area contributed by atoms with E-state index in [1.165, 1.54) is 11.1 Å². The highest BCUT2D eigenvalue weighted by molar-refractivity contribution is 7.97. The standard InChI is InChI=1S/C13H13ClN2S/c14-12-4-1-10(2-5-12)8-17-9-11-3-6-13(15)16-7-11/h1-7H,8-9H2,(H2,15,16). The van der Waals surface area contributed by atoms with Crippen LogP contribution < -0.4 is 5.73 Å². The van der Waals surface area contributed by atoms with Crippen LogP contribution in [-0.4, -0.2) is 4.98 Å². The van der Waals surface area contributed by atoms with E-state index in [1.54, 1.807) is 0 Å². The quantitative estimate of drug-likeness (QED) is 0.914. The fraction of sp³-hybridized carbons (Fsp3) is 0.154. The lowest BCUT2D eigenvalue weighted by molar-refractivity contribution is 1.25. The van der Waals surface area contributed by atoms with Crippen molar-refractivity contribution in [2.45, 2.75) is 11.5 Å². The zero-order valence-electron chi connectivity index (χ0n) is 9.27. The van der Waals surface area contributed by atoms with Gasteiger partial charge in [0.2, 0.25) is 0 Å². The molecule has 0 aliphatic rings. The van der Waals surface area contributed by atoms with Gasteiger partial charge in [-0.25, -0.2) is 4.98 Å². The van der Waals surface area contributed by atoms with Crippen molar-refractivity contribution in [1.82, 2.24) is 4.98 Å². The summed E-state index contributed by atoms with van der Waals surface area (Å²) in [6, 6.07) is 11.8. The molecule has 0 spiro atoms. The zero-order valence-corrected chi connectivity index (χ0v) is 10.8. The molecular weight excluding hydrogens is 252 g/mol. The third-order valence-electron chi connectivity index (χ3n) is 2.30. The predicted octanol–water partition coefficient (Wildman–Crippen LogP) is 3.75. The number of pyridine rings is 1. The Bertz CT molecular complexity index is 422. The molecule has 4 heteroatoms. The number of anilines is 1. The van der Waals surface area contributed by atoms with Crippen LogP contribution in [0.15, 0.2) is 42.6 Å². The summed E-state index contributed by atoms with van der Waals surface area (Å²) in [4.78, 5) is 4.06. The summed E-state index contributed by atoms with van der Waals surface area (Å²) in [5, 5.41) is 0.779. The fourth-order valence-corrected chi connectivity index (χ4v) is 2.45. The monoisotopic (exact) mass is 264 g/mol. The second-order valence-corrected chi connectivity index (χ2v) is 5.13. The first-order valence-corrected chi connectivity index (χ1v) is 6.80. The molecule has 0 unspecified atom stereocenters. The molecule has 17 heavy (non-hydrogen) atoms. The number of rotatable bonds is 4. The number of hydrogen-bond donors (Lipinski definition) is 1. The molecule has 0 atom stereocenters. The first-order valence-electron chi connectivity index (χ1n) is 5.26. The van der Waals surface area contributed by atoms with Crippen LogP contribution in [0.3, 0.4) is 0 Å². The smallest absolute Gasteiger partial charge is 0.123 e. The van der Waals surface area contributed by atoms with Gasteiger partial charge in [-0.15, -0.1) is 0 Å². The van der Waals surface area contributed by atoms with Crippen molar-refractivity contribution < 1.29 is 0 Å². The molecule has 2 nitrogen and oxygen atoms in total. The number of benzene rings is 1. The van der Waals surface area contributed by atoms with Gasteiger partial charge >= 0.3 is 0 Å². The van der Waals surface area contributed by atoms with E-state index in [0.717, 1.165) is 16.5 Å². The molecule has 0 bridgehead atoms. The average molecular weight is 265 g/mol. The molecule has 88 valence electrons. The summed E-state index contributed by atoms with van der Waals surface area (Å²) in [6.45, 7) is 0. The van der Waals surface area contributed by atoms with E-state index >= 15 is 0 Å². The number of hydrogen-bond acceptors (Lipinski definition) is 3. The average Bonchev–Trinajstić information content (AvgIpc) is 2.34. The second-order valence-electron chi connectivity index (χ2n) is 3.71. The van der Waals surface area contributed by atoms with Crippen LogP contribution in [0.2, 0.25) is 5.02 Å². The minimum Gasteiger partial charge on any atom is -0.384 e. The van der Waals surface area contributed by atoms with Crippen molar-refractivity contribution in [1.29, 1.82) is 0 Å². The molecule has 0 saturated carbocycles. The Labute approximate surface area is 110 Å². The number of aromatic nitrogens is 1. The highest BCUT2D eigenvalue weighted by Gasteiger charge is 1.97. The molecule has 1 aromatic carbocycles. The van der Waals surface area contributed by atoms with Crippen LogP contribution in [0, 0.1) is 0 Å². The SMILES string of the molecule is Nc1ccc(CSCc2ccc(Cl)cc2)cn1. The van der Waals surface area contributed by atoms with Crippen LogP contribution in [0.25, 0.3) is 0 Å². The van der Waals surface area contributed by atoms with Crippen molar-refractivity contribution in [2.75, 3.05) is 5.73 Å². The van der Waals surface area contributed by atoms with E-state index in [-0.39, 0.29) is 0 Å². The Morgan fingerprint density at radius 1 is 1.00 bits per heavy atom. The van der Waals surface area contributed by atoms with Crippen molar-refractivity contribution in [2.24, 2.45) is 0 Å². The van der Waals surface area contributed by atoms with Gasteiger partial charge in [-0.2, -0.15) is 11.8 Å². The van der Waals surface area contributed by atoms with Crippen LogP contribution in [0.4, 0.5) is 5.82 Å². The van der Waals surface area contributed by atoms with Crippen molar-refractivity contribution in [3.63, 3.8) is 0 Å². The highest BCUT2D eigenvalue weighted by Crippen LogP contribution is 2.19. The lowest BCUT2D eigenvalue weighted by Gasteiger charge is -2.02. The normalized spacial score (nSPS) is 10.4. The van der Waals surface area contributed by atoms with Gasteiger partial charge < -0.3 is 5.73 Å². The molecule has 1 heterocycles. The van der Waals surface area contributed by atoms with Gasteiger partial charge in [0, 0.05) is 22.7 Å². The van der Waals surface area contributed by atoms with Gasteiger partial charge in [0.25, 0.3) is 0 Å². The Hall–Kier alpha value is -1.19. The van der Waals surface area contributed by atoms with Gasteiger partial charge in [0.05, 0.1) is 0 Å². The fourth-order valence-electron chi connectivity index (χ4n) is 1.39. The highest BCUT2D eigenvalue weighted by atomic mass is 35.5. The molecule has 0 aliphatic heterocycles. The summed E-state index contributed by atoms with van der Waals surface area (Å²) in [5.41, 5.74) is 8.00. The van der Waals surface area contributed by atoms with Crippen LogP contribution in [-0.2, 0) is 11.5 Å². The maximum atomic E-state index is 5.83. The molecular formula is C13H13ClN2S. The second kappa shape index (κ2) is 5.94. The lowest BCUT2D eigenvalue weighted by Crippen LogP contribution is -1.90. The molecule has 0 amide bonds. The van der Waals surface area contributed by atoms with Crippen LogP contribution >= 0.6 is 23.4 Å². The summed E-state index contributed by atoms with van der Waals surface area (Å²) >= 11 is 7.68. The third kappa shape index (κ3) is 3.95. The molecule has 2 N–H and O–H groups in total. The van der Waals surface area contributed by atoms with E-state index in [4.69, 9.17) is 17.3 Å². The Kier molecular flexibility index (Phi) is 4.29. The molecule has 2 rings (SSSR count). The van der Waals surface area contributed by atoms with E-state index in [0.29, 0.717) is 5.82 Å². The number of nitrogens with zero attached hydrogens (tertiary/aromatic N) is 1. The number of thioether (sulfide) groups is 1. The summed E-state index contributed by atoms with van der Waals surface area (Å²) in [5.74, 6) is 2.48. The molecule has 0 aliphatic carbocycles. The van der Waals surface area contributed by atoms with Gasteiger partial charge in [-0.3, -0.25) is 0 Å². The largest absolute Gasteiger partial charge is 0.384 e. The minimum atomic E-state index is 0.566. The number of halogens is 1. The topological polar surface area (TPSA) is 38.9 Å². The maximum Gasteiger partial charge on any atom is 0.123 e. The maximum absolute atomic E-state index is 5.83. The van der Waals surface area contributed by atoms with Crippen molar-refractivity contribution in [3.8, 4) is 0 Å². The van der Waals surface area contributed by atoms with Gasteiger partial charge in [0.1, 0.15) is 5.82 Å². The van der Waals surface area contributed by atoms with Gasteiger partial charge in [0.15, 0.2) is 0 Å². The van der Waals surface area contributed by atoms with Crippen LogP contribution in [0.1, 0.15) is 11.1 Å². The number of nitrogen functional groups attached to an aromatic ring is 1. The number of nitrogens with two attached hydrogens (primary N) is 1. The van der Waals surface area contributed by atoms with Gasteiger partial charge in [-0.05, 0) is 29.3 Å². The van der Waals surface area contributed by atoms with E-state index in [1.807, 2.05) is 42.2 Å². The Morgan fingerprint density at radius 3 is 2.29 bits per heavy atom. The van der Waals surface area contributed by atoms with E-state index in [2.05, 4.69) is 17.1 Å². The minimum absolute atomic E-state index is 0.566. The molecule has 0 fully saturated rings. The first-order chi connectivity index (χ1) is 8.24. The third-order valence-corrected chi connectivity index (χ3v) is 3.63. The first kappa shape index (κ1) is 12.3. The summed E-state index contributed by atoms with van der Waals surface area (Å²) < 4.78 is 0. The van der Waals surface area contributed by atoms with Crippen LogP contribution in [0.5, 0.6) is 0 Å². The predicted molar refractivity (Wildman–Crippen MR) is 75.1 cm³/mol. The van der Waals surface area contributed by atoms with Gasteiger partial charge in [-0.1, -0.05) is 29.8 Å². The zero-order chi connectivity index (χ0) is 12.1.